The van der Waals surface area contributed by atoms with Gasteiger partial charge in [-0.15, -0.1) is 0 Å². The molecule has 1 heterocycles. The molecule has 0 aromatic heterocycles. The fourth-order valence-corrected chi connectivity index (χ4v) is 2.12. The SMILES string of the molecule is NC1(N)CC(C(=O)[O-])(C(=O)[O-])CCOCCOCCOCCO1.[Pt+2]. The first-order chi connectivity index (χ1) is 10.8. The van der Waals surface area contributed by atoms with E-state index in [2.05, 4.69) is 0 Å². The minimum atomic E-state index is -2.43. The first-order valence-corrected chi connectivity index (χ1v) is 7.18. The zero-order valence-corrected chi connectivity index (χ0v) is 15.4. The average molecular weight is 529 g/mol. The second-order valence-electron chi connectivity index (χ2n) is 5.22. The maximum absolute atomic E-state index is 11.4. The summed E-state index contributed by atoms with van der Waals surface area (Å²) in [6.45, 7) is 1.04. The number of ether oxygens (including phenoxy) is 4. The van der Waals surface area contributed by atoms with E-state index < -0.39 is 36.0 Å². The van der Waals surface area contributed by atoms with Crippen molar-refractivity contribution in [3.63, 3.8) is 0 Å². The fraction of sp³-hybridized carbons (Fsp3) is 0.846. The van der Waals surface area contributed by atoms with Crippen LogP contribution in [-0.2, 0) is 49.6 Å². The Morgan fingerprint density at radius 1 is 0.792 bits per heavy atom. The van der Waals surface area contributed by atoms with Crippen molar-refractivity contribution >= 4 is 11.9 Å². The van der Waals surface area contributed by atoms with E-state index >= 15 is 0 Å². The summed E-state index contributed by atoms with van der Waals surface area (Å²) in [5, 5.41) is 22.8. The van der Waals surface area contributed by atoms with E-state index in [1.807, 2.05) is 0 Å². The number of carbonyl (C=O) groups excluding carboxylic acids is 2. The summed E-state index contributed by atoms with van der Waals surface area (Å²) in [5.74, 6) is -5.72. The molecule has 0 radical (unpaired) electrons. The molecule has 1 aliphatic rings. The molecule has 0 amide bonds. The third-order valence-corrected chi connectivity index (χ3v) is 3.38. The van der Waals surface area contributed by atoms with Crippen LogP contribution in [0.15, 0.2) is 0 Å². The minimum absolute atomic E-state index is 0. The van der Waals surface area contributed by atoms with E-state index in [1.165, 1.54) is 0 Å². The third kappa shape index (κ3) is 7.52. The van der Waals surface area contributed by atoms with Gasteiger partial charge in [-0.2, -0.15) is 0 Å². The first-order valence-electron chi connectivity index (χ1n) is 7.18. The molecule has 0 unspecified atom stereocenters. The van der Waals surface area contributed by atoms with Gasteiger partial charge in [0.25, 0.3) is 0 Å². The Hall–Kier alpha value is -0.612. The second kappa shape index (κ2) is 11.1. The quantitative estimate of drug-likeness (QED) is 0.265. The maximum Gasteiger partial charge on any atom is 2.00 e. The first kappa shape index (κ1) is 23.4. The van der Waals surface area contributed by atoms with Crippen molar-refractivity contribution in [1.29, 1.82) is 0 Å². The third-order valence-electron chi connectivity index (χ3n) is 3.38. The van der Waals surface area contributed by atoms with Gasteiger partial charge in [-0.1, -0.05) is 0 Å². The predicted octanol–water partition coefficient (Wildman–Crippen LogP) is -4.10. The van der Waals surface area contributed by atoms with Gasteiger partial charge in [0, 0.05) is 13.0 Å². The van der Waals surface area contributed by atoms with Crippen molar-refractivity contribution in [2.75, 3.05) is 46.2 Å². The molecule has 1 saturated heterocycles. The molecule has 1 fully saturated rings. The van der Waals surface area contributed by atoms with Gasteiger partial charge in [0.15, 0.2) is 5.85 Å². The second-order valence-corrected chi connectivity index (χ2v) is 5.22. The standard InChI is InChI=1S/C13H24N2O8.Pt/c14-13(15)9-12(10(16)17,11(18)19)1-2-20-3-4-21-5-6-22-7-8-23-13;/h1-9,14-15H2,(H,16,17)(H,18,19);/q;+2/p-2. The molecule has 4 N–H and O–H groups in total. The summed E-state index contributed by atoms with van der Waals surface area (Å²) >= 11 is 0. The zero-order valence-electron chi connectivity index (χ0n) is 13.1. The van der Waals surface area contributed by atoms with Gasteiger partial charge in [0.2, 0.25) is 0 Å². The summed E-state index contributed by atoms with van der Waals surface area (Å²) in [6.07, 6.45) is -1.15. The number of carboxylic acids is 2. The number of rotatable bonds is 2. The molecular formula is C13H22N2O8Pt. The van der Waals surface area contributed by atoms with Crippen LogP contribution in [0.25, 0.3) is 0 Å². The number of hydrogen-bond acceptors (Lipinski definition) is 10. The predicted molar refractivity (Wildman–Crippen MR) is 71.2 cm³/mol. The molecule has 0 aromatic carbocycles. The van der Waals surface area contributed by atoms with E-state index in [0.29, 0.717) is 13.2 Å². The molecule has 0 aromatic rings. The zero-order chi connectivity index (χ0) is 17.3. The van der Waals surface area contributed by atoms with E-state index in [9.17, 15) is 19.8 Å². The van der Waals surface area contributed by atoms with Crippen LogP contribution in [-0.4, -0.2) is 64.0 Å². The largest absolute Gasteiger partial charge is 2.00 e. The Kier molecular flexibility index (Phi) is 10.8. The van der Waals surface area contributed by atoms with Crippen molar-refractivity contribution in [2.24, 2.45) is 16.9 Å². The van der Waals surface area contributed by atoms with E-state index in [1.54, 1.807) is 0 Å². The molecule has 0 spiro atoms. The number of carboxylic acid groups (broad SMARTS) is 2. The molecule has 0 aliphatic carbocycles. The summed E-state index contributed by atoms with van der Waals surface area (Å²) in [4.78, 5) is 22.8. The van der Waals surface area contributed by atoms with Crippen LogP contribution in [0, 0.1) is 5.41 Å². The van der Waals surface area contributed by atoms with Gasteiger partial charge in [-0.3, -0.25) is 11.5 Å². The normalized spacial score (nSPS) is 23.1. The van der Waals surface area contributed by atoms with Gasteiger partial charge >= 0.3 is 21.1 Å². The molecule has 11 heteroatoms. The van der Waals surface area contributed by atoms with Crippen molar-refractivity contribution in [3.8, 4) is 0 Å². The average Bonchev–Trinajstić information content (AvgIpc) is 2.46. The van der Waals surface area contributed by atoms with Gasteiger partial charge in [-0.05, 0) is 6.42 Å². The Labute approximate surface area is 154 Å². The number of nitrogens with two attached hydrogens (primary N) is 2. The Morgan fingerprint density at radius 3 is 1.67 bits per heavy atom. The van der Waals surface area contributed by atoms with Gasteiger partial charge in [-0.25, -0.2) is 0 Å². The molecule has 1 rings (SSSR count). The molecule has 0 bridgehead atoms. The topological polar surface area (TPSA) is 169 Å². The van der Waals surface area contributed by atoms with Crippen LogP contribution in [0.4, 0.5) is 0 Å². The molecular weight excluding hydrogens is 507 g/mol. The summed E-state index contributed by atoms with van der Waals surface area (Å²) in [6, 6.07) is 0. The van der Waals surface area contributed by atoms with Gasteiger partial charge in [0.05, 0.1) is 57.0 Å². The van der Waals surface area contributed by atoms with Crippen molar-refractivity contribution in [1.82, 2.24) is 0 Å². The Balaban J connectivity index is 0.00000529. The number of carbonyl (C=O) groups is 2. The Morgan fingerprint density at radius 2 is 1.21 bits per heavy atom. The van der Waals surface area contributed by atoms with Crippen LogP contribution < -0.4 is 21.7 Å². The molecule has 0 saturated carbocycles. The van der Waals surface area contributed by atoms with E-state index in [0.717, 1.165) is 0 Å². The van der Waals surface area contributed by atoms with Crippen LogP contribution >= 0.6 is 0 Å². The van der Waals surface area contributed by atoms with Crippen molar-refractivity contribution in [2.45, 2.75) is 18.7 Å². The van der Waals surface area contributed by atoms with Crippen LogP contribution in [0.1, 0.15) is 12.8 Å². The molecule has 24 heavy (non-hydrogen) atoms. The fourth-order valence-electron chi connectivity index (χ4n) is 2.12. The summed E-state index contributed by atoms with van der Waals surface area (Å²) < 4.78 is 20.7. The Bertz CT molecular complexity index is 393. The van der Waals surface area contributed by atoms with Crippen LogP contribution in [0.3, 0.4) is 0 Å². The monoisotopic (exact) mass is 529 g/mol. The molecule has 1 aliphatic heterocycles. The number of aliphatic carboxylic acids is 2. The van der Waals surface area contributed by atoms with Crippen LogP contribution in [0.2, 0.25) is 0 Å². The van der Waals surface area contributed by atoms with E-state index in [4.69, 9.17) is 30.4 Å². The minimum Gasteiger partial charge on any atom is -0.549 e. The van der Waals surface area contributed by atoms with Gasteiger partial charge < -0.3 is 38.7 Å². The molecule has 142 valence electrons. The summed E-state index contributed by atoms with van der Waals surface area (Å²) in [5.41, 5.74) is 8.90. The van der Waals surface area contributed by atoms with Gasteiger partial charge in [0.1, 0.15) is 0 Å². The molecule has 0 atom stereocenters. The van der Waals surface area contributed by atoms with Crippen molar-refractivity contribution in [3.05, 3.63) is 0 Å². The summed E-state index contributed by atoms with van der Waals surface area (Å²) in [7, 11) is 0. The molecule has 10 nitrogen and oxygen atoms in total. The number of hydrogen-bond donors (Lipinski definition) is 2. The van der Waals surface area contributed by atoms with Crippen molar-refractivity contribution < 1.29 is 59.8 Å². The van der Waals surface area contributed by atoms with Crippen LogP contribution in [0.5, 0.6) is 0 Å². The van der Waals surface area contributed by atoms with E-state index in [-0.39, 0.29) is 54.1 Å². The smallest absolute Gasteiger partial charge is 0.549 e. The maximum atomic E-state index is 11.4.